The molecular weight excluding hydrogens is 488 g/mol. The Kier molecular flexibility index (Phi) is 9.65. The summed E-state index contributed by atoms with van der Waals surface area (Å²) in [5.41, 5.74) is 8.50. The molecule has 0 bridgehead atoms. The van der Waals surface area contributed by atoms with Gasteiger partial charge in [-0.3, -0.25) is 4.79 Å². The molecule has 1 saturated heterocycles. The number of hydrogen-bond acceptors (Lipinski definition) is 5. The molecule has 0 spiro atoms. The largest absolute Gasteiger partial charge is 0.385 e. The summed E-state index contributed by atoms with van der Waals surface area (Å²) in [6, 6.07) is 14.1. The van der Waals surface area contributed by atoms with Gasteiger partial charge in [0.1, 0.15) is 11.7 Å². The smallest absolute Gasteiger partial charge is 0.225 e. The Balaban J connectivity index is 1.70. The van der Waals surface area contributed by atoms with Crippen molar-refractivity contribution in [3.05, 3.63) is 58.6 Å². The molecule has 1 amide bonds. The van der Waals surface area contributed by atoms with Crippen LogP contribution in [0.3, 0.4) is 0 Å². The number of methoxy groups -OCH3 is 1. The molecule has 0 aromatic heterocycles. The minimum Gasteiger partial charge on any atom is -0.385 e. The third-order valence-electron chi connectivity index (χ3n) is 7.99. The van der Waals surface area contributed by atoms with E-state index in [1.54, 1.807) is 7.11 Å². The maximum Gasteiger partial charge on any atom is 0.225 e. The van der Waals surface area contributed by atoms with Crippen LogP contribution in [0.1, 0.15) is 56.6 Å². The molecule has 1 aliphatic heterocycles. The van der Waals surface area contributed by atoms with E-state index < -0.39 is 11.7 Å². The molecule has 0 radical (unpaired) electrons. The molecule has 4 atom stereocenters. The van der Waals surface area contributed by atoms with Crippen LogP contribution in [-0.2, 0) is 26.3 Å². The zero-order valence-corrected chi connectivity index (χ0v) is 22.9. The predicted molar refractivity (Wildman–Crippen MR) is 148 cm³/mol. The van der Waals surface area contributed by atoms with Gasteiger partial charge in [0.2, 0.25) is 5.91 Å². The van der Waals surface area contributed by atoms with Gasteiger partial charge >= 0.3 is 0 Å². The highest BCUT2D eigenvalue weighted by molar-refractivity contribution is 6.33. The number of benzene rings is 2. The van der Waals surface area contributed by atoms with Crippen molar-refractivity contribution in [2.75, 3.05) is 33.4 Å². The Bertz CT molecular complexity index is 1060. The quantitative estimate of drug-likeness (QED) is 0.427. The molecule has 2 aromatic rings. The fourth-order valence-corrected chi connectivity index (χ4v) is 6.16. The molecule has 1 aliphatic carbocycles. The lowest BCUT2D eigenvalue weighted by Crippen LogP contribution is -2.55. The van der Waals surface area contributed by atoms with Gasteiger partial charge in [0, 0.05) is 42.8 Å². The number of aliphatic hydroxyl groups is 1. The second-order valence-electron chi connectivity index (χ2n) is 10.5. The highest BCUT2D eigenvalue weighted by atomic mass is 35.5. The molecular formula is C30H41ClN2O4. The van der Waals surface area contributed by atoms with Crippen LogP contribution in [0.15, 0.2) is 42.5 Å². The van der Waals surface area contributed by atoms with Crippen LogP contribution < -0.4 is 5.73 Å². The molecule has 2 fully saturated rings. The van der Waals surface area contributed by atoms with Crippen molar-refractivity contribution in [3.63, 3.8) is 0 Å². The standard InChI is InChI=1S/C30H41ClN2O4/c1-3-21-8-6-9-22(18-21)28-25(10-7-11-26(28)31)30(35,14-4-5-16-36-2)27-20-33(15-17-37-27)29(34)23-12-13-24(32)19-23/h6-11,18,23-24,27,35H,3-5,12-17,19-20,32H2,1-2H3/t23-,24+,27?,30-/m1/s1. The number of halogens is 1. The summed E-state index contributed by atoms with van der Waals surface area (Å²) in [5.74, 6) is 0.0898. The van der Waals surface area contributed by atoms with E-state index in [9.17, 15) is 9.90 Å². The van der Waals surface area contributed by atoms with Crippen LogP contribution in [0.4, 0.5) is 0 Å². The van der Waals surface area contributed by atoms with E-state index >= 15 is 0 Å². The summed E-state index contributed by atoms with van der Waals surface area (Å²) in [6.07, 6.45) is 4.81. The summed E-state index contributed by atoms with van der Waals surface area (Å²) < 4.78 is 11.5. The zero-order chi connectivity index (χ0) is 26.4. The lowest BCUT2D eigenvalue weighted by Gasteiger charge is -2.44. The molecule has 1 unspecified atom stereocenters. The summed E-state index contributed by atoms with van der Waals surface area (Å²) >= 11 is 6.82. The molecule has 2 aromatic carbocycles. The van der Waals surface area contributed by atoms with Gasteiger partial charge in [-0.25, -0.2) is 0 Å². The molecule has 202 valence electrons. The maximum atomic E-state index is 13.4. The summed E-state index contributed by atoms with van der Waals surface area (Å²) in [7, 11) is 1.69. The Hall–Kier alpha value is -1.96. The van der Waals surface area contributed by atoms with Crippen LogP contribution in [0.2, 0.25) is 5.02 Å². The lowest BCUT2D eigenvalue weighted by molar-refractivity contribution is -0.167. The molecule has 6 nitrogen and oxygen atoms in total. The first kappa shape index (κ1) is 28.1. The van der Waals surface area contributed by atoms with Crippen molar-refractivity contribution in [1.82, 2.24) is 4.90 Å². The molecule has 1 saturated carbocycles. The molecule has 2 aliphatic rings. The van der Waals surface area contributed by atoms with Crippen molar-refractivity contribution in [1.29, 1.82) is 0 Å². The second-order valence-corrected chi connectivity index (χ2v) is 10.9. The first-order chi connectivity index (χ1) is 17.9. The highest BCUT2D eigenvalue weighted by Crippen LogP contribution is 2.43. The van der Waals surface area contributed by atoms with Crippen LogP contribution in [0.5, 0.6) is 0 Å². The Morgan fingerprint density at radius 1 is 1.24 bits per heavy atom. The average Bonchev–Trinajstić information content (AvgIpc) is 3.36. The first-order valence-corrected chi connectivity index (χ1v) is 14.0. The van der Waals surface area contributed by atoms with Gasteiger partial charge in [-0.2, -0.15) is 0 Å². The number of amides is 1. The molecule has 1 heterocycles. The van der Waals surface area contributed by atoms with Gasteiger partial charge in [0.25, 0.3) is 0 Å². The Morgan fingerprint density at radius 3 is 2.78 bits per heavy atom. The summed E-state index contributed by atoms with van der Waals surface area (Å²) in [4.78, 5) is 15.2. The van der Waals surface area contributed by atoms with E-state index in [2.05, 4.69) is 19.1 Å². The number of carbonyl (C=O) groups is 1. The first-order valence-electron chi connectivity index (χ1n) is 13.6. The Labute approximate surface area is 226 Å². The predicted octanol–water partition coefficient (Wildman–Crippen LogP) is 4.93. The minimum absolute atomic E-state index is 0.0398. The fourth-order valence-electron chi connectivity index (χ4n) is 5.87. The number of unbranched alkanes of at least 4 members (excludes halogenated alkanes) is 1. The van der Waals surface area contributed by atoms with Crippen molar-refractivity contribution in [2.45, 2.75) is 69.6 Å². The van der Waals surface area contributed by atoms with Gasteiger partial charge in [0.15, 0.2) is 0 Å². The Morgan fingerprint density at radius 2 is 2.05 bits per heavy atom. The third-order valence-corrected chi connectivity index (χ3v) is 8.31. The van der Waals surface area contributed by atoms with Gasteiger partial charge in [-0.15, -0.1) is 0 Å². The van der Waals surface area contributed by atoms with E-state index in [1.807, 2.05) is 35.2 Å². The number of morpholine rings is 1. The van der Waals surface area contributed by atoms with E-state index in [1.165, 1.54) is 5.56 Å². The number of nitrogens with zero attached hydrogens (tertiary/aromatic N) is 1. The van der Waals surface area contributed by atoms with Gasteiger partial charge < -0.3 is 25.2 Å². The minimum atomic E-state index is -1.33. The number of rotatable bonds is 10. The van der Waals surface area contributed by atoms with Crippen molar-refractivity contribution >= 4 is 17.5 Å². The van der Waals surface area contributed by atoms with Gasteiger partial charge in [0.05, 0.1) is 13.2 Å². The number of aryl methyl sites for hydroxylation is 1. The SMILES string of the molecule is CCc1cccc(-c2c(Cl)cccc2[C@](O)(CCCCOC)C2CN(C(=O)[C@@H]3CC[C@H](N)C3)CCO2)c1. The van der Waals surface area contributed by atoms with E-state index in [0.717, 1.165) is 55.2 Å². The second kappa shape index (κ2) is 12.7. The van der Waals surface area contributed by atoms with Gasteiger partial charge in [-0.05, 0) is 67.7 Å². The normalized spacial score (nSPS) is 23.7. The topological polar surface area (TPSA) is 85.0 Å². The third kappa shape index (κ3) is 6.37. The maximum absolute atomic E-state index is 13.4. The summed E-state index contributed by atoms with van der Waals surface area (Å²) in [5, 5.41) is 13.1. The number of ether oxygens (including phenoxy) is 2. The van der Waals surface area contributed by atoms with E-state index in [4.69, 9.17) is 26.8 Å². The van der Waals surface area contributed by atoms with E-state index in [-0.39, 0.29) is 17.9 Å². The number of nitrogens with two attached hydrogens (primary N) is 1. The van der Waals surface area contributed by atoms with Crippen molar-refractivity contribution < 1.29 is 19.4 Å². The average molecular weight is 529 g/mol. The number of carbonyl (C=O) groups excluding carboxylic acids is 1. The lowest BCUT2D eigenvalue weighted by atomic mass is 9.78. The monoisotopic (exact) mass is 528 g/mol. The van der Waals surface area contributed by atoms with Crippen LogP contribution in [-0.4, -0.2) is 61.5 Å². The van der Waals surface area contributed by atoms with E-state index in [0.29, 0.717) is 37.7 Å². The van der Waals surface area contributed by atoms with Gasteiger partial charge in [-0.1, -0.05) is 54.9 Å². The molecule has 4 rings (SSSR count). The van der Waals surface area contributed by atoms with Crippen molar-refractivity contribution in [2.24, 2.45) is 11.7 Å². The number of hydrogen-bond donors (Lipinski definition) is 2. The molecule has 37 heavy (non-hydrogen) atoms. The van der Waals surface area contributed by atoms with Crippen molar-refractivity contribution in [3.8, 4) is 11.1 Å². The van der Waals surface area contributed by atoms with Crippen LogP contribution in [0.25, 0.3) is 11.1 Å². The summed E-state index contributed by atoms with van der Waals surface area (Å²) in [6.45, 7) is 4.00. The molecule has 3 N–H and O–H groups in total. The fraction of sp³-hybridized carbons (Fsp3) is 0.567. The van der Waals surface area contributed by atoms with Crippen LogP contribution >= 0.6 is 11.6 Å². The molecule has 7 heteroatoms. The van der Waals surface area contributed by atoms with Crippen LogP contribution in [0, 0.1) is 5.92 Å². The highest BCUT2D eigenvalue weighted by Gasteiger charge is 2.45. The zero-order valence-electron chi connectivity index (χ0n) is 22.1.